The quantitative estimate of drug-likeness (QED) is 0.878. The van der Waals surface area contributed by atoms with Gasteiger partial charge in [-0.05, 0) is 42.3 Å². The molecule has 0 heterocycles. The van der Waals surface area contributed by atoms with E-state index in [0.717, 1.165) is 11.1 Å². The Kier molecular flexibility index (Phi) is 5.21. The molecule has 2 aromatic rings. The molecular formula is C17H15ClFNO. The molecule has 2 rings (SSSR count). The van der Waals surface area contributed by atoms with E-state index in [4.69, 9.17) is 22.1 Å². The fraction of sp³-hybridized carbons (Fsp3) is 0.176. The number of ether oxygens (including phenoxy) is 1. The zero-order valence-electron chi connectivity index (χ0n) is 11.6. The van der Waals surface area contributed by atoms with E-state index in [-0.39, 0.29) is 12.4 Å². The minimum Gasteiger partial charge on any atom is -0.487 e. The molecule has 0 fully saturated rings. The molecule has 4 heteroatoms. The maximum absolute atomic E-state index is 13.6. The SMILES string of the molecule is Cc1ccc(Cl)c(OCc2ccc(F)c(C#CCN)c2)c1. The Bertz CT molecular complexity index is 704. The molecule has 0 aromatic heterocycles. The van der Waals surface area contributed by atoms with Crippen LogP contribution < -0.4 is 10.5 Å². The minimum absolute atomic E-state index is 0.194. The van der Waals surface area contributed by atoms with Crippen molar-refractivity contribution in [3.63, 3.8) is 0 Å². The number of halogens is 2. The van der Waals surface area contributed by atoms with Crippen molar-refractivity contribution >= 4 is 11.6 Å². The van der Waals surface area contributed by atoms with Crippen molar-refractivity contribution in [1.82, 2.24) is 0 Å². The molecule has 0 saturated carbocycles. The molecule has 2 N–H and O–H groups in total. The summed E-state index contributed by atoms with van der Waals surface area (Å²) in [6, 6.07) is 10.2. The van der Waals surface area contributed by atoms with Crippen LogP contribution in [0.1, 0.15) is 16.7 Å². The van der Waals surface area contributed by atoms with Crippen molar-refractivity contribution in [2.24, 2.45) is 5.73 Å². The summed E-state index contributed by atoms with van der Waals surface area (Å²) in [5.74, 6) is 5.58. The number of rotatable bonds is 3. The summed E-state index contributed by atoms with van der Waals surface area (Å²) >= 11 is 6.07. The molecule has 0 bridgehead atoms. The van der Waals surface area contributed by atoms with E-state index in [9.17, 15) is 4.39 Å². The van der Waals surface area contributed by atoms with Crippen molar-refractivity contribution < 1.29 is 9.13 Å². The standard InChI is InChI=1S/C17H15ClFNO/c1-12-4-6-15(18)17(9-12)21-11-13-5-7-16(19)14(10-13)3-2-8-20/h4-7,9-10H,8,11,20H2,1H3. The summed E-state index contributed by atoms with van der Waals surface area (Å²) in [6.07, 6.45) is 0. The van der Waals surface area contributed by atoms with Gasteiger partial charge in [-0.1, -0.05) is 35.6 Å². The first kappa shape index (κ1) is 15.4. The molecule has 2 nitrogen and oxygen atoms in total. The number of hydrogen-bond acceptors (Lipinski definition) is 2. The predicted molar refractivity (Wildman–Crippen MR) is 82.9 cm³/mol. The zero-order valence-corrected chi connectivity index (χ0v) is 12.4. The molecule has 21 heavy (non-hydrogen) atoms. The largest absolute Gasteiger partial charge is 0.487 e. The summed E-state index contributed by atoms with van der Waals surface area (Å²) in [5, 5.41) is 0.547. The van der Waals surface area contributed by atoms with E-state index in [0.29, 0.717) is 22.9 Å². The Hall–Kier alpha value is -2.02. The third-order valence-corrected chi connectivity index (χ3v) is 3.15. The lowest BCUT2D eigenvalue weighted by Crippen LogP contribution is -1.98. The van der Waals surface area contributed by atoms with Gasteiger partial charge < -0.3 is 10.5 Å². The summed E-state index contributed by atoms with van der Waals surface area (Å²) in [7, 11) is 0. The maximum atomic E-state index is 13.6. The molecule has 108 valence electrons. The normalized spacial score (nSPS) is 9.90. The lowest BCUT2D eigenvalue weighted by molar-refractivity contribution is 0.306. The van der Waals surface area contributed by atoms with Gasteiger partial charge in [-0.3, -0.25) is 0 Å². The van der Waals surface area contributed by atoms with Crippen LogP contribution in [0.15, 0.2) is 36.4 Å². The Morgan fingerprint density at radius 2 is 2.05 bits per heavy atom. The fourth-order valence-electron chi connectivity index (χ4n) is 1.79. The van der Waals surface area contributed by atoms with E-state index in [1.165, 1.54) is 6.07 Å². The molecule has 0 unspecified atom stereocenters. The molecule has 0 aliphatic carbocycles. The molecule has 0 aliphatic heterocycles. The van der Waals surface area contributed by atoms with Gasteiger partial charge in [0.1, 0.15) is 18.2 Å². The number of hydrogen-bond donors (Lipinski definition) is 1. The summed E-state index contributed by atoms with van der Waals surface area (Å²) in [5.41, 5.74) is 7.48. The Morgan fingerprint density at radius 1 is 1.24 bits per heavy atom. The van der Waals surface area contributed by atoms with Gasteiger partial charge in [0.2, 0.25) is 0 Å². The summed E-state index contributed by atoms with van der Waals surface area (Å²) in [4.78, 5) is 0. The molecule has 0 spiro atoms. The zero-order chi connectivity index (χ0) is 15.2. The van der Waals surface area contributed by atoms with Crippen molar-refractivity contribution in [2.75, 3.05) is 6.54 Å². The van der Waals surface area contributed by atoms with Gasteiger partial charge in [0, 0.05) is 0 Å². The van der Waals surface area contributed by atoms with Gasteiger partial charge in [0.05, 0.1) is 17.1 Å². The highest BCUT2D eigenvalue weighted by Gasteiger charge is 2.05. The van der Waals surface area contributed by atoms with Gasteiger partial charge in [-0.2, -0.15) is 0 Å². The molecule has 0 radical (unpaired) electrons. The van der Waals surface area contributed by atoms with Crippen molar-refractivity contribution in [2.45, 2.75) is 13.5 Å². The maximum Gasteiger partial charge on any atom is 0.138 e. The third kappa shape index (κ3) is 4.22. The number of benzene rings is 2. The van der Waals surface area contributed by atoms with E-state index in [1.807, 2.05) is 19.1 Å². The second kappa shape index (κ2) is 7.12. The molecule has 0 aliphatic rings. The molecular weight excluding hydrogens is 289 g/mol. The first-order valence-electron chi connectivity index (χ1n) is 6.46. The highest BCUT2D eigenvalue weighted by molar-refractivity contribution is 6.32. The second-order valence-corrected chi connectivity index (χ2v) is 4.95. The van der Waals surface area contributed by atoms with Crippen LogP contribution in [-0.2, 0) is 6.61 Å². The average Bonchev–Trinajstić information content (AvgIpc) is 2.48. The van der Waals surface area contributed by atoms with Crippen LogP contribution in [0.25, 0.3) is 0 Å². The van der Waals surface area contributed by atoms with Gasteiger partial charge in [0.15, 0.2) is 0 Å². The molecule has 0 amide bonds. The highest BCUT2D eigenvalue weighted by atomic mass is 35.5. The average molecular weight is 304 g/mol. The highest BCUT2D eigenvalue weighted by Crippen LogP contribution is 2.26. The second-order valence-electron chi connectivity index (χ2n) is 4.54. The van der Waals surface area contributed by atoms with Crippen LogP contribution in [0.2, 0.25) is 5.02 Å². The van der Waals surface area contributed by atoms with Gasteiger partial charge in [-0.25, -0.2) is 4.39 Å². The molecule has 0 atom stereocenters. The van der Waals surface area contributed by atoms with Crippen LogP contribution in [0, 0.1) is 24.6 Å². The fourth-order valence-corrected chi connectivity index (χ4v) is 1.96. The Balaban J connectivity index is 2.15. The monoisotopic (exact) mass is 303 g/mol. The summed E-state index contributed by atoms with van der Waals surface area (Å²) < 4.78 is 19.2. The topological polar surface area (TPSA) is 35.2 Å². The number of nitrogens with two attached hydrogens (primary N) is 1. The first-order chi connectivity index (χ1) is 10.1. The minimum atomic E-state index is -0.367. The van der Waals surface area contributed by atoms with Gasteiger partial charge in [-0.15, -0.1) is 0 Å². The molecule has 2 aromatic carbocycles. The van der Waals surface area contributed by atoms with E-state index in [1.54, 1.807) is 18.2 Å². The van der Waals surface area contributed by atoms with Gasteiger partial charge >= 0.3 is 0 Å². The lowest BCUT2D eigenvalue weighted by Gasteiger charge is -2.09. The Morgan fingerprint density at radius 3 is 2.81 bits per heavy atom. The Labute approximate surface area is 128 Å². The number of aryl methyl sites for hydroxylation is 1. The van der Waals surface area contributed by atoms with Gasteiger partial charge in [0.25, 0.3) is 0 Å². The van der Waals surface area contributed by atoms with Crippen molar-refractivity contribution in [3.05, 3.63) is 63.9 Å². The van der Waals surface area contributed by atoms with E-state index in [2.05, 4.69) is 11.8 Å². The van der Waals surface area contributed by atoms with Crippen molar-refractivity contribution in [3.8, 4) is 17.6 Å². The first-order valence-corrected chi connectivity index (χ1v) is 6.84. The lowest BCUT2D eigenvalue weighted by atomic mass is 10.1. The predicted octanol–water partition coefficient (Wildman–Crippen LogP) is 3.68. The van der Waals surface area contributed by atoms with Crippen molar-refractivity contribution in [1.29, 1.82) is 0 Å². The van der Waals surface area contributed by atoms with E-state index >= 15 is 0 Å². The molecule has 0 saturated heterocycles. The van der Waals surface area contributed by atoms with Crippen LogP contribution in [0.4, 0.5) is 4.39 Å². The summed E-state index contributed by atoms with van der Waals surface area (Å²) in [6.45, 7) is 2.45. The van der Waals surface area contributed by atoms with Crippen LogP contribution >= 0.6 is 11.6 Å². The van der Waals surface area contributed by atoms with E-state index < -0.39 is 0 Å². The third-order valence-electron chi connectivity index (χ3n) is 2.84. The smallest absolute Gasteiger partial charge is 0.138 e. The van der Waals surface area contributed by atoms with Crippen LogP contribution in [-0.4, -0.2) is 6.54 Å². The van der Waals surface area contributed by atoms with Crippen LogP contribution in [0.5, 0.6) is 5.75 Å². The van der Waals surface area contributed by atoms with Crippen LogP contribution in [0.3, 0.4) is 0 Å².